The summed E-state index contributed by atoms with van der Waals surface area (Å²) in [7, 11) is 0. The maximum absolute atomic E-state index is 11.7. The first-order valence-electron chi connectivity index (χ1n) is 7.79. The molecule has 5 nitrogen and oxygen atoms in total. The first-order valence-corrected chi connectivity index (χ1v) is 8.17. The molecule has 0 fully saturated rings. The largest absolute Gasteiger partial charge is 0.507 e. The second kappa shape index (κ2) is 8.03. The molecule has 0 saturated carbocycles. The van der Waals surface area contributed by atoms with E-state index in [1.165, 1.54) is 17.8 Å². The molecule has 0 spiro atoms. The van der Waals surface area contributed by atoms with Gasteiger partial charge in [-0.1, -0.05) is 44.5 Å². The molecule has 0 unspecified atom stereocenters. The van der Waals surface area contributed by atoms with Crippen molar-refractivity contribution in [2.75, 3.05) is 6.61 Å². The van der Waals surface area contributed by atoms with Gasteiger partial charge in [-0.15, -0.1) is 0 Å². The van der Waals surface area contributed by atoms with Crippen LogP contribution in [0.5, 0.6) is 11.5 Å². The van der Waals surface area contributed by atoms with E-state index in [4.69, 9.17) is 16.3 Å². The van der Waals surface area contributed by atoms with E-state index < -0.39 is 5.91 Å². The number of hydrogen-bond donors (Lipinski definition) is 2. The SMILES string of the molecule is CC(C)(C)c1ccc(OCC(=O)N/N=C/c2cc(Cl)ccc2O)cc1. The first kappa shape index (κ1) is 18.8. The fourth-order valence-corrected chi connectivity index (χ4v) is 2.22. The van der Waals surface area contributed by atoms with E-state index in [2.05, 4.69) is 31.3 Å². The second-order valence-corrected chi connectivity index (χ2v) is 7.00. The Labute approximate surface area is 152 Å². The van der Waals surface area contributed by atoms with Gasteiger partial charge in [0.2, 0.25) is 0 Å². The van der Waals surface area contributed by atoms with Crippen LogP contribution >= 0.6 is 11.6 Å². The number of aromatic hydroxyl groups is 1. The molecular weight excluding hydrogens is 340 g/mol. The van der Waals surface area contributed by atoms with Crippen molar-refractivity contribution >= 4 is 23.7 Å². The highest BCUT2D eigenvalue weighted by Gasteiger charge is 2.13. The molecule has 25 heavy (non-hydrogen) atoms. The van der Waals surface area contributed by atoms with Gasteiger partial charge in [-0.05, 0) is 41.3 Å². The van der Waals surface area contributed by atoms with Gasteiger partial charge in [0.05, 0.1) is 6.21 Å². The van der Waals surface area contributed by atoms with E-state index in [-0.39, 0.29) is 17.8 Å². The van der Waals surface area contributed by atoms with Gasteiger partial charge in [0.15, 0.2) is 6.61 Å². The number of hydrogen-bond acceptors (Lipinski definition) is 4. The molecule has 2 N–H and O–H groups in total. The number of phenolic OH excluding ortho intramolecular Hbond substituents is 1. The molecule has 0 saturated heterocycles. The fourth-order valence-electron chi connectivity index (χ4n) is 2.03. The number of carbonyl (C=O) groups excluding carboxylic acids is 1. The van der Waals surface area contributed by atoms with E-state index in [0.29, 0.717) is 16.3 Å². The Morgan fingerprint density at radius 1 is 1.24 bits per heavy atom. The Morgan fingerprint density at radius 2 is 1.92 bits per heavy atom. The molecule has 6 heteroatoms. The van der Waals surface area contributed by atoms with Crippen molar-refractivity contribution in [3.63, 3.8) is 0 Å². The van der Waals surface area contributed by atoms with Crippen molar-refractivity contribution < 1.29 is 14.6 Å². The maximum atomic E-state index is 11.7. The van der Waals surface area contributed by atoms with E-state index in [1.54, 1.807) is 12.1 Å². The lowest BCUT2D eigenvalue weighted by atomic mass is 9.87. The third-order valence-electron chi connectivity index (χ3n) is 3.47. The highest BCUT2D eigenvalue weighted by molar-refractivity contribution is 6.30. The van der Waals surface area contributed by atoms with E-state index >= 15 is 0 Å². The Hall–Kier alpha value is -2.53. The summed E-state index contributed by atoms with van der Waals surface area (Å²) in [4.78, 5) is 11.7. The highest BCUT2D eigenvalue weighted by Crippen LogP contribution is 2.24. The van der Waals surface area contributed by atoms with Crippen LogP contribution in [-0.2, 0) is 10.2 Å². The van der Waals surface area contributed by atoms with Crippen molar-refractivity contribution in [1.82, 2.24) is 5.43 Å². The molecule has 2 rings (SSSR count). The van der Waals surface area contributed by atoms with Gasteiger partial charge in [0.1, 0.15) is 11.5 Å². The Bertz CT molecular complexity index is 765. The van der Waals surface area contributed by atoms with Gasteiger partial charge in [-0.3, -0.25) is 4.79 Å². The van der Waals surface area contributed by atoms with Gasteiger partial charge < -0.3 is 9.84 Å². The molecule has 0 aliphatic carbocycles. The lowest BCUT2D eigenvalue weighted by molar-refractivity contribution is -0.123. The van der Waals surface area contributed by atoms with Gasteiger partial charge in [0, 0.05) is 10.6 Å². The minimum Gasteiger partial charge on any atom is -0.507 e. The molecule has 2 aromatic carbocycles. The van der Waals surface area contributed by atoms with Crippen LogP contribution in [0.25, 0.3) is 0 Å². The van der Waals surface area contributed by atoms with Crippen LogP contribution in [0.2, 0.25) is 5.02 Å². The zero-order valence-electron chi connectivity index (χ0n) is 14.4. The van der Waals surface area contributed by atoms with Gasteiger partial charge >= 0.3 is 0 Å². The number of phenols is 1. The lowest BCUT2D eigenvalue weighted by Crippen LogP contribution is -2.24. The number of benzene rings is 2. The minimum absolute atomic E-state index is 0.0255. The van der Waals surface area contributed by atoms with Crippen molar-refractivity contribution in [2.45, 2.75) is 26.2 Å². The summed E-state index contributed by atoms with van der Waals surface area (Å²) in [5, 5.41) is 13.9. The topological polar surface area (TPSA) is 70.9 Å². The van der Waals surface area contributed by atoms with Crippen molar-refractivity contribution in [3.05, 3.63) is 58.6 Å². The number of carbonyl (C=O) groups is 1. The molecule has 0 radical (unpaired) electrons. The van der Waals surface area contributed by atoms with Crippen LogP contribution in [-0.4, -0.2) is 23.8 Å². The van der Waals surface area contributed by atoms with Crippen LogP contribution < -0.4 is 10.2 Å². The number of nitrogens with zero attached hydrogens (tertiary/aromatic N) is 1. The zero-order chi connectivity index (χ0) is 18.4. The molecule has 0 aliphatic rings. The van der Waals surface area contributed by atoms with E-state index in [0.717, 1.165) is 0 Å². The summed E-state index contributed by atoms with van der Waals surface area (Å²) < 4.78 is 5.42. The molecule has 1 amide bonds. The summed E-state index contributed by atoms with van der Waals surface area (Å²) in [6.07, 6.45) is 1.32. The van der Waals surface area contributed by atoms with Crippen LogP contribution in [0, 0.1) is 0 Å². The van der Waals surface area contributed by atoms with Gasteiger partial charge in [-0.25, -0.2) is 5.43 Å². The Balaban J connectivity index is 1.84. The second-order valence-electron chi connectivity index (χ2n) is 6.56. The van der Waals surface area contributed by atoms with E-state index in [9.17, 15) is 9.90 Å². The Morgan fingerprint density at radius 3 is 2.56 bits per heavy atom. The summed E-state index contributed by atoms with van der Waals surface area (Å²) in [6, 6.07) is 12.2. The predicted molar refractivity (Wildman–Crippen MR) is 99.5 cm³/mol. The molecule has 0 bridgehead atoms. The third-order valence-corrected chi connectivity index (χ3v) is 3.71. The molecule has 0 aromatic heterocycles. The standard InChI is InChI=1S/C19H21ClN2O3/c1-19(2,3)14-4-7-16(8-5-14)25-12-18(24)22-21-11-13-10-15(20)6-9-17(13)23/h4-11,23H,12H2,1-3H3,(H,22,24)/b21-11+. The monoisotopic (exact) mass is 360 g/mol. The molecule has 0 aliphatic heterocycles. The minimum atomic E-state index is -0.405. The van der Waals surface area contributed by atoms with Crippen molar-refractivity contribution in [2.24, 2.45) is 5.10 Å². The summed E-state index contributed by atoms with van der Waals surface area (Å²) in [6.45, 7) is 6.23. The Kier molecular flexibility index (Phi) is 6.04. The number of hydrazone groups is 1. The molecule has 132 valence electrons. The molecule has 0 atom stereocenters. The average Bonchev–Trinajstić information content (AvgIpc) is 2.56. The predicted octanol–water partition coefficient (Wildman–Crippen LogP) is 3.87. The number of amides is 1. The number of nitrogens with one attached hydrogen (secondary N) is 1. The van der Waals surface area contributed by atoms with Crippen LogP contribution in [0.15, 0.2) is 47.6 Å². The zero-order valence-corrected chi connectivity index (χ0v) is 15.2. The van der Waals surface area contributed by atoms with Crippen molar-refractivity contribution in [3.8, 4) is 11.5 Å². The van der Waals surface area contributed by atoms with E-state index in [1.807, 2.05) is 24.3 Å². The molecular formula is C19H21ClN2O3. The van der Waals surface area contributed by atoms with Crippen LogP contribution in [0.4, 0.5) is 0 Å². The first-order chi connectivity index (χ1) is 11.8. The molecule has 0 heterocycles. The lowest BCUT2D eigenvalue weighted by Gasteiger charge is -2.19. The van der Waals surface area contributed by atoms with Crippen LogP contribution in [0.3, 0.4) is 0 Å². The third kappa shape index (κ3) is 5.80. The smallest absolute Gasteiger partial charge is 0.277 e. The average molecular weight is 361 g/mol. The van der Waals surface area contributed by atoms with Crippen LogP contribution in [0.1, 0.15) is 31.9 Å². The summed E-state index contributed by atoms with van der Waals surface area (Å²) in [5.41, 5.74) is 4.00. The normalized spacial score (nSPS) is 11.5. The highest BCUT2D eigenvalue weighted by atomic mass is 35.5. The summed E-state index contributed by atoms with van der Waals surface area (Å²) >= 11 is 5.83. The number of rotatable bonds is 5. The van der Waals surface area contributed by atoms with Gasteiger partial charge in [-0.2, -0.15) is 5.10 Å². The number of halogens is 1. The summed E-state index contributed by atoms with van der Waals surface area (Å²) in [5.74, 6) is 0.231. The maximum Gasteiger partial charge on any atom is 0.277 e. The van der Waals surface area contributed by atoms with Gasteiger partial charge in [0.25, 0.3) is 5.91 Å². The number of ether oxygens (including phenoxy) is 1. The quantitative estimate of drug-likeness (QED) is 0.628. The fraction of sp³-hybridized carbons (Fsp3) is 0.263. The molecule has 2 aromatic rings. The van der Waals surface area contributed by atoms with Crippen molar-refractivity contribution in [1.29, 1.82) is 0 Å².